The van der Waals surface area contributed by atoms with E-state index in [0.717, 1.165) is 23.8 Å². The van der Waals surface area contributed by atoms with Crippen LogP contribution in [-0.2, 0) is 0 Å². The number of nitrogens with one attached hydrogen (secondary N) is 1. The van der Waals surface area contributed by atoms with Crippen molar-refractivity contribution in [2.45, 2.75) is 90.5 Å². The quantitative estimate of drug-likeness (QED) is 0.700. The van der Waals surface area contributed by atoms with Crippen LogP contribution >= 0.6 is 0 Å². The third-order valence-corrected chi connectivity index (χ3v) is 5.66. The lowest BCUT2D eigenvalue weighted by atomic mass is 9.81. The minimum absolute atomic E-state index is 0.843. The Bertz CT molecular complexity index is 222. The second-order valence-corrected chi connectivity index (χ2v) is 7.38. The van der Waals surface area contributed by atoms with Crippen molar-refractivity contribution in [3.05, 3.63) is 0 Å². The summed E-state index contributed by atoms with van der Waals surface area (Å²) in [5, 5.41) is 3.84. The van der Waals surface area contributed by atoms with E-state index in [0.29, 0.717) is 0 Å². The molecule has 0 amide bonds. The van der Waals surface area contributed by atoms with Crippen molar-refractivity contribution < 1.29 is 0 Å². The highest BCUT2D eigenvalue weighted by Crippen LogP contribution is 2.31. The van der Waals surface area contributed by atoms with Crippen molar-refractivity contribution in [1.29, 1.82) is 0 Å². The van der Waals surface area contributed by atoms with Crippen LogP contribution in [0.25, 0.3) is 0 Å². The lowest BCUT2D eigenvalue weighted by Gasteiger charge is -2.30. The van der Waals surface area contributed by atoms with Crippen molar-refractivity contribution in [1.82, 2.24) is 5.32 Å². The van der Waals surface area contributed by atoms with Crippen LogP contribution < -0.4 is 5.32 Å². The number of hydrogen-bond acceptors (Lipinski definition) is 1. The zero-order chi connectivity index (χ0) is 13.5. The van der Waals surface area contributed by atoms with Gasteiger partial charge in [0.1, 0.15) is 0 Å². The van der Waals surface area contributed by atoms with Gasteiger partial charge in [-0.1, -0.05) is 52.4 Å². The first-order valence-electron chi connectivity index (χ1n) is 9.01. The Kier molecular flexibility index (Phi) is 6.70. The van der Waals surface area contributed by atoms with Crippen LogP contribution in [0.15, 0.2) is 0 Å². The molecule has 2 saturated carbocycles. The minimum atomic E-state index is 0.843. The van der Waals surface area contributed by atoms with Crippen LogP contribution in [0.2, 0.25) is 0 Å². The molecule has 0 atom stereocenters. The highest BCUT2D eigenvalue weighted by molar-refractivity contribution is 4.78. The molecule has 1 N–H and O–H groups in total. The Labute approximate surface area is 120 Å². The zero-order valence-electron chi connectivity index (χ0n) is 13.3. The lowest BCUT2D eigenvalue weighted by molar-refractivity contribution is 0.252. The van der Waals surface area contributed by atoms with Gasteiger partial charge in [-0.3, -0.25) is 0 Å². The molecule has 2 rings (SSSR count). The van der Waals surface area contributed by atoms with Gasteiger partial charge in [0, 0.05) is 6.04 Å². The van der Waals surface area contributed by atoms with E-state index in [2.05, 4.69) is 19.2 Å². The van der Waals surface area contributed by atoms with Crippen molar-refractivity contribution in [2.75, 3.05) is 6.54 Å². The lowest BCUT2D eigenvalue weighted by Crippen LogP contribution is -2.34. The van der Waals surface area contributed by atoms with E-state index in [1.54, 1.807) is 0 Å². The molecule has 1 heteroatoms. The minimum Gasteiger partial charge on any atom is -0.314 e. The van der Waals surface area contributed by atoms with Gasteiger partial charge in [-0.15, -0.1) is 0 Å². The molecule has 0 radical (unpaired) electrons. The molecule has 19 heavy (non-hydrogen) atoms. The molecule has 0 saturated heterocycles. The predicted molar refractivity (Wildman–Crippen MR) is 84.4 cm³/mol. The first-order valence-corrected chi connectivity index (χ1v) is 9.01. The monoisotopic (exact) mass is 265 g/mol. The average molecular weight is 265 g/mol. The molecule has 0 aromatic rings. The summed E-state index contributed by atoms with van der Waals surface area (Å²) >= 11 is 0. The van der Waals surface area contributed by atoms with Crippen LogP contribution in [0.4, 0.5) is 0 Å². The summed E-state index contributed by atoms with van der Waals surface area (Å²) in [7, 11) is 0. The van der Waals surface area contributed by atoms with Crippen molar-refractivity contribution in [3.63, 3.8) is 0 Å². The molecule has 0 spiro atoms. The molecule has 0 unspecified atom stereocenters. The summed E-state index contributed by atoms with van der Waals surface area (Å²) in [5.74, 6) is 3.07. The van der Waals surface area contributed by atoms with Gasteiger partial charge in [0.2, 0.25) is 0 Å². The van der Waals surface area contributed by atoms with Crippen LogP contribution in [0.3, 0.4) is 0 Å². The second kappa shape index (κ2) is 8.29. The largest absolute Gasteiger partial charge is 0.314 e. The summed E-state index contributed by atoms with van der Waals surface area (Å²) in [5.41, 5.74) is 0. The standard InChI is InChI=1S/C18H35N/c1-3-4-16-9-11-18(12-10-16)19-14-13-17-7-5-15(2)6-8-17/h15-19H,3-14H2,1-2H3. The maximum atomic E-state index is 3.84. The molecule has 112 valence electrons. The van der Waals surface area contributed by atoms with Gasteiger partial charge in [0.05, 0.1) is 0 Å². The maximum Gasteiger partial charge on any atom is 0.00672 e. The number of rotatable bonds is 6. The van der Waals surface area contributed by atoms with Crippen LogP contribution in [-0.4, -0.2) is 12.6 Å². The van der Waals surface area contributed by atoms with Gasteiger partial charge < -0.3 is 5.32 Å². The van der Waals surface area contributed by atoms with Gasteiger partial charge in [0.25, 0.3) is 0 Å². The fourth-order valence-corrected chi connectivity index (χ4v) is 4.17. The Hall–Kier alpha value is -0.0400. The van der Waals surface area contributed by atoms with Crippen LogP contribution in [0.1, 0.15) is 84.5 Å². The smallest absolute Gasteiger partial charge is 0.00672 e. The van der Waals surface area contributed by atoms with E-state index < -0.39 is 0 Å². The van der Waals surface area contributed by atoms with Crippen molar-refractivity contribution in [2.24, 2.45) is 17.8 Å². The summed E-state index contributed by atoms with van der Waals surface area (Å²) in [4.78, 5) is 0. The molecule has 0 bridgehead atoms. The number of hydrogen-bond donors (Lipinski definition) is 1. The molecule has 0 heterocycles. The van der Waals surface area contributed by atoms with Crippen molar-refractivity contribution in [3.8, 4) is 0 Å². The Morgan fingerprint density at radius 3 is 2.00 bits per heavy atom. The molecule has 2 fully saturated rings. The average Bonchev–Trinajstić information content (AvgIpc) is 2.43. The van der Waals surface area contributed by atoms with Crippen LogP contribution in [0, 0.1) is 17.8 Å². The topological polar surface area (TPSA) is 12.0 Å². The Balaban J connectivity index is 1.52. The van der Waals surface area contributed by atoms with Gasteiger partial charge in [-0.25, -0.2) is 0 Å². The van der Waals surface area contributed by atoms with E-state index >= 15 is 0 Å². The van der Waals surface area contributed by atoms with E-state index in [-0.39, 0.29) is 0 Å². The fraction of sp³-hybridized carbons (Fsp3) is 1.00. The molecule has 0 aliphatic heterocycles. The predicted octanol–water partition coefficient (Wildman–Crippen LogP) is 5.15. The van der Waals surface area contributed by atoms with E-state index in [1.807, 2.05) is 0 Å². The van der Waals surface area contributed by atoms with Gasteiger partial charge >= 0.3 is 0 Å². The molecule has 1 nitrogen and oxygen atoms in total. The first-order chi connectivity index (χ1) is 9.28. The fourth-order valence-electron chi connectivity index (χ4n) is 4.17. The van der Waals surface area contributed by atoms with Gasteiger partial charge in [-0.2, -0.15) is 0 Å². The molecule has 2 aliphatic carbocycles. The van der Waals surface area contributed by atoms with E-state index in [1.165, 1.54) is 77.2 Å². The Morgan fingerprint density at radius 1 is 0.789 bits per heavy atom. The Morgan fingerprint density at radius 2 is 1.37 bits per heavy atom. The highest BCUT2D eigenvalue weighted by Gasteiger charge is 2.21. The third kappa shape index (κ3) is 5.45. The molecular formula is C18H35N. The second-order valence-electron chi connectivity index (χ2n) is 7.38. The summed E-state index contributed by atoms with van der Waals surface area (Å²) < 4.78 is 0. The third-order valence-electron chi connectivity index (χ3n) is 5.66. The summed E-state index contributed by atoms with van der Waals surface area (Å²) in [6, 6.07) is 0.843. The molecule has 0 aromatic heterocycles. The van der Waals surface area contributed by atoms with E-state index in [9.17, 15) is 0 Å². The van der Waals surface area contributed by atoms with Gasteiger partial charge in [-0.05, 0) is 56.4 Å². The van der Waals surface area contributed by atoms with E-state index in [4.69, 9.17) is 0 Å². The normalized spacial score (nSPS) is 36.3. The zero-order valence-corrected chi connectivity index (χ0v) is 13.3. The molecular weight excluding hydrogens is 230 g/mol. The van der Waals surface area contributed by atoms with Crippen LogP contribution in [0.5, 0.6) is 0 Å². The van der Waals surface area contributed by atoms with Gasteiger partial charge in [0.15, 0.2) is 0 Å². The summed E-state index contributed by atoms with van der Waals surface area (Å²) in [6.45, 7) is 6.03. The van der Waals surface area contributed by atoms with Crippen molar-refractivity contribution >= 4 is 0 Å². The highest BCUT2D eigenvalue weighted by atomic mass is 14.9. The summed E-state index contributed by atoms with van der Waals surface area (Å²) in [6.07, 6.45) is 16.0. The first kappa shape index (κ1) is 15.4. The maximum absolute atomic E-state index is 3.84. The SMILES string of the molecule is CCCC1CCC(NCCC2CCC(C)CC2)CC1. The molecule has 0 aromatic carbocycles. The molecule has 2 aliphatic rings.